The highest BCUT2D eigenvalue weighted by Gasteiger charge is 2.39. The lowest BCUT2D eigenvalue weighted by Gasteiger charge is -2.37. The van der Waals surface area contributed by atoms with Crippen LogP contribution in [0.2, 0.25) is 0 Å². The minimum Gasteiger partial charge on any atom is -0.480 e. The molecule has 0 saturated carbocycles. The Morgan fingerprint density at radius 1 is 1.43 bits per heavy atom. The average molecular weight is 294 g/mol. The van der Waals surface area contributed by atoms with Crippen LogP contribution in [0.25, 0.3) is 0 Å². The molecule has 1 saturated heterocycles. The molecule has 6 heteroatoms. The summed E-state index contributed by atoms with van der Waals surface area (Å²) in [7, 11) is 0. The molecule has 6 nitrogen and oxygen atoms in total. The van der Waals surface area contributed by atoms with Crippen molar-refractivity contribution < 1.29 is 19.2 Å². The number of likely N-dealkylation sites (tertiary alicyclic amines) is 1. The highest BCUT2D eigenvalue weighted by molar-refractivity contribution is 5.98. The molecule has 0 bridgehead atoms. The predicted octanol–water partition coefficient (Wildman–Crippen LogP) is 2.43. The Hall–Kier alpha value is -1.85. The van der Waals surface area contributed by atoms with Crippen LogP contribution in [-0.4, -0.2) is 39.6 Å². The van der Waals surface area contributed by atoms with E-state index in [1.807, 2.05) is 20.8 Å². The summed E-state index contributed by atoms with van der Waals surface area (Å²) in [5, 5.41) is 13.3. The standard InChI is InChI=1S/C15H22N2O4/c1-8(2)13-11(10(4)16-21-13)14(18)17-7-5-6-9(3)12(17)15(19)20/h8-9,12H,5-7H2,1-4H3,(H,19,20). The fraction of sp³-hybridized carbons (Fsp3) is 0.667. The second-order valence-electron chi connectivity index (χ2n) is 6.06. The molecule has 0 spiro atoms. The van der Waals surface area contributed by atoms with Gasteiger partial charge in [0.15, 0.2) is 5.76 Å². The van der Waals surface area contributed by atoms with Crippen molar-refractivity contribution in [1.82, 2.24) is 10.1 Å². The van der Waals surface area contributed by atoms with E-state index in [0.29, 0.717) is 23.6 Å². The molecule has 0 aliphatic carbocycles. The number of rotatable bonds is 3. The molecule has 1 aromatic rings. The summed E-state index contributed by atoms with van der Waals surface area (Å²) < 4.78 is 5.25. The molecule has 2 unspecified atom stereocenters. The van der Waals surface area contributed by atoms with Gasteiger partial charge in [-0.25, -0.2) is 4.79 Å². The van der Waals surface area contributed by atoms with E-state index in [4.69, 9.17) is 4.52 Å². The van der Waals surface area contributed by atoms with Crippen molar-refractivity contribution in [3.63, 3.8) is 0 Å². The van der Waals surface area contributed by atoms with Gasteiger partial charge in [-0.1, -0.05) is 25.9 Å². The van der Waals surface area contributed by atoms with Crippen molar-refractivity contribution in [3.8, 4) is 0 Å². The first-order valence-electron chi connectivity index (χ1n) is 7.34. The van der Waals surface area contributed by atoms with Gasteiger partial charge in [0.25, 0.3) is 5.91 Å². The molecular formula is C15H22N2O4. The summed E-state index contributed by atoms with van der Waals surface area (Å²) in [6.45, 7) is 7.89. The summed E-state index contributed by atoms with van der Waals surface area (Å²) in [4.78, 5) is 25.8. The zero-order chi connectivity index (χ0) is 15.7. The molecule has 1 amide bonds. The number of aromatic nitrogens is 1. The van der Waals surface area contributed by atoms with Gasteiger partial charge in [-0.15, -0.1) is 0 Å². The monoisotopic (exact) mass is 294 g/mol. The van der Waals surface area contributed by atoms with E-state index in [0.717, 1.165) is 12.8 Å². The van der Waals surface area contributed by atoms with Crippen molar-refractivity contribution >= 4 is 11.9 Å². The molecular weight excluding hydrogens is 272 g/mol. The van der Waals surface area contributed by atoms with E-state index in [2.05, 4.69) is 5.16 Å². The third-order valence-corrected chi connectivity index (χ3v) is 4.07. The van der Waals surface area contributed by atoms with Crippen LogP contribution in [0.15, 0.2) is 4.52 Å². The number of hydrogen-bond donors (Lipinski definition) is 1. The molecule has 116 valence electrons. The van der Waals surface area contributed by atoms with Gasteiger partial charge >= 0.3 is 5.97 Å². The number of carboxylic acids is 1. The topological polar surface area (TPSA) is 83.6 Å². The number of aryl methyl sites for hydroxylation is 1. The Bertz CT molecular complexity index is 550. The van der Waals surface area contributed by atoms with Crippen molar-refractivity contribution in [1.29, 1.82) is 0 Å². The third-order valence-electron chi connectivity index (χ3n) is 4.07. The fourth-order valence-electron chi connectivity index (χ4n) is 2.98. The van der Waals surface area contributed by atoms with Gasteiger partial charge in [-0.2, -0.15) is 0 Å². The van der Waals surface area contributed by atoms with E-state index < -0.39 is 12.0 Å². The first-order valence-corrected chi connectivity index (χ1v) is 7.34. The van der Waals surface area contributed by atoms with Crippen LogP contribution in [0.3, 0.4) is 0 Å². The van der Waals surface area contributed by atoms with Crippen LogP contribution in [-0.2, 0) is 4.79 Å². The number of nitrogens with zero attached hydrogens (tertiary/aromatic N) is 2. The van der Waals surface area contributed by atoms with Crippen molar-refractivity contribution in [2.45, 2.75) is 52.5 Å². The Morgan fingerprint density at radius 3 is 2.67 bits per heavy atom. The maximum Gasteiger partial charge on any atom is 0.326 e. The molecule has 1 aromatic heterocycles. The minimum absolute atomic E-state index is 0.0237. The maximum atomic E-state index is 12.8. The summed E-state index contributed by atoms with van der Waals surface area (Å²) >= 11 is 0. The van der Waals surface area contributed by atoms with E-state index in [9.17, 15) is 14.7 Å². The second-order valence-corrected chi connectivity index (χ2v) is 6.06. The third kappa shape index (κ3) is 2.80. The molecule has 1 aliphatic heterocycles. The lowest BCUT2D eigenvalue weighted by atomic mass is 9.90. The zero-order valence-corrected chi connectivity index (χ0v) is 12.9. The zero-order valence-electron chi connectivity index (χ0n) is 12.9. The predicted molar refractivity (Wildman–Crippen MR) is 76.2 cm³/mol. The van der Waals surface area contributed by atoms with Crippen molar-refractivity contribution in [2.75, 3.05) is 6.54 Å². The summed E-state index contributed by atoms with van der Waals surface area (Å²) in [6, 6.07) is -0.777. The molecule has 1 N–H and O–H groups in total. The molecule has 1 fully saturated rings. The minimum atomic E-state index is -0.948. The normalized spacial score (nSPS) is 22.6. The molecule has 0 radical (unpaired) electrons. The summed E-state index contributed by atoms with van der Waals surface area (Å²) in [5.74, 6) is -0.731. The maximum absolute atomic E-state index is 12.8. The van der Waals surface area contributed by atoms with E-state index in [1.54, 1.807) is 6.92 Å². The molecule has 2 atom stereocenters. The quantitative estimate of drug-likeness (QED) is 0.925. The Labute approximate surface area is 124 Å². The smallest absolute Gasteiger partial charge is 0.326 e. The van der Waals surface area contributed by atoms with Crippen LogP contribution < -0.4 is 0 Å². The van der Waals surface area contributed by atoms with Crippen LogP contribution in [0.5, 0.6) is 0 Å². The second kappa shape index (κ2) is 5.87. The summed E-state index contributed by atoms with van der Waals surface area (Å²) in [6.07, 6.45) is 1.64. The highest BCUT2D eigenvalue weighted by atomic mass is 16.5. The number of hydrogen-bond acceptors (Lipinski definition) is 4. The lowest BCUT2D eigenvalue weighted by Crippen LogP contribution is -2.52. The first kappa shape index (κ1) is 15.5. The van der Waals surface area contributed by atoms with E-state index in [1.165, 1.54) is 4.90 Å². The Kier molecular flexibility index (Phi) is 4.34. The fourth-order valence-corrected chi connectivity index (χ4v) is 2.98. The lowest BCUT2D eigenvalue weighted by molar-refractivity contribution is -0.145. The highest BCUT2D eigenvalue weighted by Crippen LogP contribution is 2.29. The summed E-state index contributed by atoms with van der Waals surface area (Å²) in [5.41, 5.74) is 0.941. The number of piperidine rings is 1. The molecule has 2 rings (SSSR count). The molecule has 0 aromatic carbocycles. The van der Waals surface area contributed by atoms with Crippen molar-refractivity contribution in [3.05, 3.63) is 17.0 Å². The number of carbonyl (C=O) groups excluding carboxylic acids is 1. The number of amides is 1. The van der Waals surface area contributed by atoms with Gasteiger partial charge in [-0.05, 0) is 25.7 Å². The molecule has 1 aliphatic rings. The average Bonchev–Trinajstić information content (AvgIpc) is 2.79. The SMILES string of the molecule is Cc1noc(C(C)C)c1C(=O)N1CCCC(C)C1C(=O)O. The van der Waals surface area contributed by atoms with Crippen LogP contribution >= 0.6 is 0 Å². The number of carboxylic acid groups (broad SMARTS) is 1. The van der Waals surface area contributed by atoms with Crippen LogP contribution in [0, 0.1) is 12.8 Å². The van der Waals surface area contributed by atoms with Gasteiger partial charge in [0, 0.05) is 12.5 Å². The van der Waals surface area contributed by atoms with Gasteiger partial charge < -0.3 is 14.5 Å². The molecule has 21 heavy (non-hydrogen) atoms. The molecule has 2 heterocycles. The Balaban J connectivity index is 2.38. The van der Waals surface area contributed by atoms with Crippen LogP contribution in [0.1, 0.15) is 61.3 Å². The van der Waals surface area contributed by atoms with Gasteiger partial charge in [0.1, 0.15) is 11.6 Å². The van der Waals surface area contributed by atoms with E-state index in [-0.39, 0.29) is 17.7 Å². The number of aliphatic carboxylic acids is 1. The largest absolute Gasteiger partial charge is 0.480 e. The Morgan fingerprint density at radius 2 is 2.10 bits per heavy atom. The van der Waals surface area contributed by atoms with E-state index >= 15 is 0 Å². The van der Waals surface area contributed by atoms with Crippen molar-refractivity contribution in [2.24, 2.45) is 5.92 Å². The van der Waals surface area contributed by atoms with Gasteiger partial charge in [0.05, 0.1) is 5.69 Å². The van der Waals surface area contributed by atoms with Gasteiger partial charge in [0.2, 0.25) is 0 Å². The first-order chi connectivity index (χ1) is 9.84. The number of carbonyl (C=O) groups is 2. The van der Waals surface area contributed by atoms with Gasteiger partial charge in [-0.3, -0.25) is 4.79 Å². The van der Waals surface area contributed by atoms with Crippen LogP contribution in [0.4, 0.5) is 0 Å².